The van der Waals surface area contributed by atoms with E-state index in [1.807, 2.05) is 32.9 Å². The topological polar surface area (TPSA) is 83.1 Å². The zero-order valence-electron chi connectivity index (χ0n) is 22.9. The number of benzene rings is 2. The van der Waals surface area contributed by atoms with Gasteiger partial charge in [-0.15, -0.1) is 0 Å². The van der Waals surface area contributed by atoms with Crippen LogP contribution in [-0.4, -0.2) is 81.0 Å². The van der Waals surface area contributed by atoms with E-state index in [0.717, 1.165) is 67.9 Å². The molecule has 1 amide bonds. The smallest absolute Gasteiger partial charge is 0.260 e. The van der Waals surface area contributed by atoms with Crippen LogP contribution < -0.4 is 4.90 Å². The number of sulfonamides is 1. The zero-order chi connectivity index (χ0) is 28.0. The molecule has 0 N–H and O–H groups in total. The van der Waals surface area contributed by atoms with Crippen LogP contribution in [0.2, 0.25) is 5.02 Å². The molecule has 3 aromatic rings. The van der Waals surface area contributed by atoms with Gasteiger partial charge in [0.1, 0.15) is 0 Å². The van der Waals surface area contributed by atoms with Gasteiger partial charge in [-0.3, -0.25) is 14.6 Å². The number of aryl methyl sites for hydroxylation is 1. The highest BCUT2D eigenvalue weighted by Crippen LogP contribution is 2.34. The van der Waals surface area contributed by atoms with E-state index in [9.17, 15) is 13.2 Å². The molecule has 4 rings (SSSR count). The summed E-state index contributed by atoms with van der Waals surface area (Å²) in [5.41, 5.74) is 2.21. The molecule has 0 bridgehead atoms. The van der Waals surface area contributed by atoms with Crippen LogP contribution in [0.4, 0.5) is 5.13 Å². The Morgan fingerprint density at radius 3 is 2.38 bits per heavy atom. The van der Waals surface area contributed by atoms with Crippen LogP contribution in [0.5, 0.6) is 0 Å². The normalized spacial score (nSPS) is 14.8. The Morgan fingerprint density at radius 1 is 1.08 bits per heavy atom. The fourth-order valence-electron chi connectivity index (χ4n) is 4.74. The first-order valence-corrected chi connectivity index (χ1v) is 16.2. The largest absolute Gasteiger partial charge is 0.379 e. The number of fused-ring (bicyclic) bond motifs is 1. The van der Waals surface area contributed by atoms with Gasteiger partial charge in [0.05, 0.1) is 28.3 Å². The van der Waals surface area contributed by atoms with E-state index < -0.39 is 10.0 Å². The van der Waals surface area contributed by atoms with Crippen molar-refractivity contribution in [1.29, 1.82) is 0 Å². The van der Waals surface area contributed by atoms with Gasteiger partial charge in [-0.2, -0.15) is 4.31 Å². The van der Waals surface area contributed by atoms with Gasteiger partial charge in [0.2, 0.25) is 10.0 Å². The van der Waals surface area contributed by atoms with Gasteiger partial charge in [0, 0.05) is 49.9 Å². The number of thiazole rings is 1. The lowest BCUT2D eigenvalue weighted by Crippen LogP contribution is -2.39. The van der Waals surface area contributed by atoms with Gasteiger partial charge in [-0.25, -0.2) is 13.4 Å². The zero-order valence-corrected chi connectivity index (χ0v) is 25.2. The molecule has 11 heteroatoms. The molecule has 2 heterocycles. The Labute approximate surface area is 240 Å². The van der Waals surface area contributed by atoms with Crippen molar-refractivity contribution >= 4 is 54.2 Å². The summed E-state index contributed by atoms with van der Waals surface area (Å²) in [4.78, 5) is 22.9. The van der Waals surface area contributed by atoms with Crippen molar-refractivity contribution in [3.8, 4) is 0 Å². The number of ether oxygens (including phenoxy) is 1. The molecule has 1 aliphatic rings. The molecule has 2 aromatic carbocycles. The van der Waals surface area contributed by atoms with Crippen LogP contribution in [0.15, 0.2) is 41.3 Å². The molecule has 0 saturated carbocycles. The van der Waals surface area contributed by atoms with Gasteiger partial charge in [0.15, 0.2) is 5.13 Å². The maximum atomic E-state index is 13.8. The number of nitrogens with zero attached hydrogens (tertiary/aromatic N) is 4. The summed E-state index contributed by atoms with van der Waals surface area (Å²) >= 11 is 7.72. The van der Waals surface area contributed by atoms with Crippen LogP contribution in [0.1, 0.15) is 49.0 Å². The Hall–Kier alpha value is -2.08. The summed E-state index contributed by atoms with van der Waals surface area (Å²) in [7, 11) is -3.62. The highest BCUT2D eigenvalue weighted by atomic mass is 35.5. The molecule has 39 heavy (non-hydrogen) atoms. The molecule has 212 valence electrons. The summed E-state index contributed by atoms with van der Waals surface area (Å²) in [6.07, 6.45) is 2.25. The number of halogens is 1. The molecule has 0 aliphatic carbocycles. The molecule has 0 atom stereocenters. The molecular formula is C28H37ClN4O4S2. The first-order chi connectivity index (χ1) is 18.7. The predicted octanol–water partition coefficient (Wildman–Crippen LogP) is 5.44. The average Bonchev–Trinajstić information content (AvgIpc) is 3.35. The lowest BCUT2D eigenvalue weighted by Gasteiger charge is -2.27. The van der Waals surface area contributed by atoms with Crippen molar-refractivity contribution in [2.75, 3.05) is 57.4 Å². The molecule has 1 saturated heterocycles. The maximum absolute atomic E-state index is 13.8. The monoisotopic (exact) mass is 592 g/mol. The van der Waals surface area contributed by atoms with Gasteiger partial charge in [0.25, 0.3) is 5.91 Å². The summed E-state index contributed by atoms with van der Waals surface area (Å²) in [5.74, 6) is -0.206. The number of hydrogen-bond acceptors (Lipinski definition) is 7. The maximum Gasteiger partial charge on any atom is 0.260 e. The third-order valence-electron chi connectivity index (χ3n) is 6.76. The van der Waals surface area contributed by atoms with E-state index in [0.29, 0.717) is 35.4 Å². The van der Waals surface area contributed by atoms with E-state index >= 15 is 0 Å². The minimum absolute atomic E-state index is 0.199. The number of amides is 1. The van der Waals surface area contributed by atoms with Crippen molar-refractivity contribution in [1.82, 2.24) is 14.2 Å². The van der Waals surface area contributed by atoms with Gasteiger partial charge in [-0.05, 0) is 68.1 Å². The fraction of sp³-hybridized carbons (Fsp3) is 0.500. The van der Waals surface area contributed by atoms with Crippen molar-refractivity contribution < 1.29 is 17.9 Å². The van der Waals surface area contributed by atoms with Crippen LogP contribution in [-0.2, 0) is 14.8 Å². The molecule has 0 radical (unpaired) electrons. The lowest BCUT2D eigenvalue weighted by molar-refractivity contribution is 0.0376. The summed E-state index contributed by atoms with van der Waals surface area (Å²) in [5, 5.41) is 1.24. The summed E-state index contributed by atoms with van der Waals surface area (Å²) in [6, 6.07) is 10.0. The van der Waals surface area contributed by atoms with Crippen LogP contribution in [0.25, 0.3) is 10.2 Å². The quantitative estimate of drug-likeness (QED) is 0.279. The third-order valence-corrected chi connectivity index (χ3v) is 9.92. The van der Waals surface area contributed by atoms with Crippen molar-refractivity contribution in [2.24, 2.45) is 0 Å². The first kappa shape index (κ1) is 29.9. The standard InChI is InChI=1S/C28H37ClN4O4S2/c1-4-11-32(12-5-2)39(35,36)24-9-7-22(8-10-24)27(34)33(14-6-13-31-15-17-37-18-16-31)28-30-26-21(3)19-23(29)20-25(26)38-28/h7-10,19-20H,4-6,11-18H2,1-3H3. The second-order valence-electron chi connectivity index (χ2n) is 9.76. The average molecular weight is 593 g/mol. The second kappa shape index (κ2) is 13.5. The predicted molar refractivity (Wildman–Crippen MR) is 159 cm³/mol. The molecular weight excluding hydrogens is 556 g/mol. The van der Waals surface area contributed by atoms with Gasteiger partial charge >= 0.3 is 0 Å². The van der Waals surface area contributed by atoms with E-state index in [4.69, 9.17) is 21.3 Å². The molecule has 1 aliphatic heterocycles. The third kappa shape index (κ3) is 7.17. The number of aromatic nitrogens is 1. The number of carbonyl (C=O) groups excluding carboxylic acids is 1. The Bertz CT molecular complexity index is 1370. The van der Waals surface area contributed by atoms with Gasteiger partial charge in [-0.1, -0.05) is 36.8 Å². The van der Waals surface area contributed by atoms with Gasteiger partial charge < -0.3 is 4.74 Å². The summed E-state index contributed by atoms with van der Waals surface area (Å²) in [6.45, 7) is 11.4. The number of rotatable bonds is 12. The first-order valence-electron chi connectivity index (χ1n) is 13.5. The highest BCUT2D eigenvalue weighted by Gasteiger charge is 2.26. The summed E-state index contributed by atoms with van der Waals surface area (Å²) < 4.78 is 34.3. The van der Waals surface area contributed by atoms with E-state index in [1.54, 1.807) is 17.0 Å². The molecule has 1 fully saturated rings. The minimum atomic E-state index is -3.62. The molecule has 0 spiro atoms. The molecule has 8 nitrogen and oxygen atoms in total. The van der Waals surface area contributed by atoms with Crippen LogP contribution in [0, 0.1) is 6.92 Å². The number of morpholine rings is 1. The van der Waals surface area contributed by atoms with Crippen LogP contribution in [0.3, 0.4) is 0 Å². The Balaban J connectivity index is 1.60. The number of carbonyl (C=O) groups is 1. The van der Waals surface area contributed by atoms with Crippen molar-refractivity contribution in [2.45, 2.75) is 44.9 Å². The Morgan fingerprint density at radius 2 is 1.74 bits per heavy atom. The molecule has 1 aromatic heterocycles. The van der Waals surface area contributed by atoms with Crippen molar-refractivity contribution in [3.63, 3.8) is 0 Å². The SMILES string of the molecule is CCCN(CCC)S(=O)(=O)c1ccc(C(=O)N(CCCN2CCOCC2)c2nc3c(C)cc(Cl)cc3s2)cc1. The lowest BCUT2D eigenvalue weighted by atomic mass is 10.2. The minimum Gasteiger partial charge on any atom is -0.379 e. The van der Waals surface area contributed by atoms with E-state index in [-0.39, 0.29) is 10.8 Å². The van der Waals surface area contributed by atoms with E-state index in [1.165, 1.54) is 27.8 Å². The fourth-order valence-corrected chi connectivity index (χ4v) is 7.81. The molecule has 0 unspecified atom stereocenters. The van der Waals surface area contributed by atoms with Crippen molar-refractivity contribution in [3.05, 3.63) is 52.5 Å². The highest BCUT2D eigenvalue weighted by molar-refractivity contribution is 7.89. The Kier molecular flexibility index (Phi) is 10.4. The van der Waals surface area contributed by atoms with E-state index in [2.05, 4.69) is 4.90 Å². The number of hydrogen-bond donors (Lipinski definition) is 0. The second-order valence-corrected chi connectivity index (χ2v) is 13.1. The van der Waals surface area contributed by atoms with Crippen LogP contribution >= 0.6 is 22.9 Å². The number of anilines is 1.